The lowest BCUT2D eigenvalue weighted by atomic mass is 10.1. The molecule has 0 saturated carbocycles. The van der Waals surface area contributed by atoms with Crippen LogP contribution in [0.1, 0.15) is 32.1 Å². The number of carboxylic acid groups (broad SMARTS) is 1. The number of methoxy groups -OCH3 is 1. The smallest absolute Gasteiger partial charge is 0.355 e. The molecule has 2 aromatic carbocycles. The van der Waals surface area contributed by atoms with Crippen molar-refractivity contribution in [3.8, 4) is 0 Å². The van der Waals surface area contributed by atoms with Crippen molar-refractivity contribution < 1.29 is 19.4 Å². The van der Waals surface area contributed by atoms with E-state index in [1.54, 1.807) is 0 Å². The second kappa shape index (κ2) is 10.6. The summed E-state index contributed by atoms with van der Waals surface area (Å²) in [7, 11) is 1.13. The highest BCUT2D eigenvalue weighted by atomic mass is 35.5. The number of H-pyrrole nitrogens is 1. The van der Waals surface area contributed by atoms with Crippen LogP contribution in [0.25, 0.3) is 5.65 Å². The maximum Gasteiger partial charge on any atom is 0.355 e. The number of aromatic nitrogens is 3. The fraction of sp³-hybridized carbons (Fsp3) is 0.143. The highest BCUT2D eigenvalue weighted by Gasteiger charge is 2.18. The van der Waals surface area contributed by atoms with Gasteiger partial charge in [-0.1, -0.05) is 24.3 Å². The molecule has 0 aliphatic rings. The standard InChI is InChI=1S/C12H12ClN3O2.C9H7N3O5/c13-16-6-8-3-1-2-7(4-8)5-15-10-9(14)11(17)12(10)18;1-17-8(15)5-2-4(7(13)14)11-6-3-10-9(16)12(5)6/h1-4,15-16H,5-6,14H2;2-3H,1H3,(H,10,16)(H,13,14). The van der Waals surface area contributed by atoms with Crippen molar-refractivity contribution in [2.24, 2.45) is 0 Å². The van der Waals surface area contributed by atoms with Crippen molar-refractivity contribution in [2.75, 3.05) is 18.2 Å². The molecule has 0 atom stereocenters. The number of carbonyl (C=O) groups is 2. The number of anilines is 2. The van der Waals surface area contributed by atoms with Crippen LogP contribution in [0.3, 0.4) is 0 Å². The molecule has 4 rings (SSSR count). The number of aromatic carboxylic acids is 1. The Labute approximate surface area is 200 Å². The van der Waals surface area contributed by atoms with Gasteiger partial charge in [-0.05, 0) is 22.9 Å². The molecule has 2 aromatic heterocycles. The molecule has 14 heteroatoms. The van der Waals surface area contributed by atoms with Gasteiger partial charge in [-0.3, -0.25) is 9.59 Å². The zero-order valence-electron chi connectivity index (χ0n) is 18.1. The van der Waals surface area contributed by atoms with Crippen molar-refractivity contribution in [1.29, 1.82) is 0 Å². The number of imidazole rings is 1. The highest BCUT2D eigenvalue weighted by Crippen LogP contribution is 2.12. The van der Waals surface area contributed by atoms with Crippen LogP contribution in [0.2, 0.25) is 0 Å². The summed E-state index contributed by atoms with van der Waals surface area (Å²) in [5, 5.41) is 11.7. The number of nitrogens with one attached hydrogen (secondary N) is 3. The van der Waals surface area contributed by atoms with E-state index in [0.29, 0.717) is 13.1 Å². The number of nitrogen functional groups attached to an aromatic ring is 1. The van der Waals surface area contributed by atoms with Crippen molar-refractivity contribution in [2.45, 2.75) is 13.1 Å². The van der Waals surface area contributed by atoms with Crippen LogP contribution in [-0.2, 0) is 17.8 Å². The third-order valence-corrected chi connectivity index (χ3v) is 4.93. The van der Waals surface area contributed by atoms with Gasteiger partial charge in [0.05, 0.1) is 7.11 Å². The SMILES string of the molecule is COC(=O)c1cc(C(=O)O)nc2c[nH]c(=O)n12.Nc1c(NCc2cccc(CNCl)c2)c(=O)c1=O. The molecule has 0 aliphatic heterocycles. The lowest BCUT2D eigenvalue weighted by molar-refractivity contribution is 0.0591. The molecule has 0 saturated heterocycles. The lowest BCUT2D eigenvalue weighted by Gasteiger charge is -2.10. The minimum absolute atomic E-state index is 0.0126. The molecule has 0 spiro atoms. The molecular weight excluding hydrogens is 484 g/mol. The first-order valence-electron chi connectivity index (χ1n) is 9.84. The molecule has 6 N–H and O–H groups in total. The number of carboxylic acids is 1. The van der Waals surface area contributed by atoms with E-state index in [0.717, 1.165) is 28.7 Å². The van der Waals surface area contributed by atoms with Gasteiger partial charge < -0.3 is 25.9 Å². The third-order valence-electron chi connectivity index (χ3n) is 4.80. The van der Waals surface area contributed by atoms with Crippen molar-refractivity contribution >= 4 is 40.7 Å². The minimum Gasteiger partial charge on any atom is -0.477 e. The second-order valence-electron chi connectivity index (χ2n) is 7.04. The molecule has 182 valence electrons. The van der Waals surface area contributed by atoms with E-state index in [1.807, 2.05) is 24.3 Å². The Hall–Kier alpha value is -4.49. The fourth-order valence-corrected chi connectivity index (χ4v) is 3.24. The van der Waals surface area contributed by atoms with Gasteiger partial charge in [-0.15, -0.1) is 0 Å². The monoisotopic (exact) mass is 502 g/mol. The predicted octanol–water partition coefficient (Wildman–Crippen LogP) is 0.228. The van der Waals surface area contributed by atoms with E-state index in [9.17, 15) is 24.0 Å². The molecule has 0 unspecified atom stereocenters. The van der Waals surface area contributed by atoms with Crippen LogP contribution in [-0.4, -0.2) is 38.5 Å². The first-order chi connectivity index (χ1) is 16.7. The molecule has 0 amide bonds. The first kappa shape index (κ1) is 25.1. The average molecular weight is 503 g/mol. The van der Waals surface area contributed by atoms with Crippen molar-refractivity contribution in [3.63, 3.8) is 0 Å². The van der Waals surface area contributed by atoms with Gasteiger partial charge in [0.2, 0.25) is 0 Å². The number of rotatable bonds is 7. The van der Waals surface area contributed by atoms with Crippen LogP contribution in [0.15, 0.2) is 50.9 Å². The van der Waals surface area contributed by atoms with Crippen LogP contribution < -0.4 is 32.4 Å². The topological polar surface area (TPSA) is 198 Å². The molecule has 35 heavy (non-hydrogen) atoms. The number of hydrogen-bond donors (Lipinski definition) is 5. The summed E-state index contributed by atoms with van der Waals surface area (Å²) in [5.74, 6) is -2.12. The first-order valence-corrected chi connectivity index (χ1v) is 10.2. The summed E-state index contributed by atoms with van der Waals surface area (Å²) >= 11 is 5.43. The second-order valence-corrected chi connectivity index (χ2v) is 7.31. The maximum atomic E-state index is 11.4. The number of hydrogen-bond acceptors (Lipinski definition) is 10. The van der Waals surface area contributed by atoms with Gasteiger partial charge in [-0.2, -0.15) is 0 Å². The van der Waals surface area contributed by atoms with E-state index < -0.39 is 28.5 Å². The molecule has 0 fully saturated rings. The summed E-state index contributed by atoms with van der Waals surface area (Å²) in [6.07, 6.45) is 1.21. The van der Waals surface area contributed by atoms with Gasteiger partial charge >= 0.3 is 17.6 Å². The van der Waals surface area contributed by atoms with Crippen molar-refractivity contribution in [1.82, 2.24) is 19.2 Å². The Morgan fingerprint density at radius 1 is 1.17 bits per heavy atom. The highest BCUT2D eigenvalue weighted by molar-refractivity contribution is 6.13. The predicted molar refractivity (Wildman–Crippen MR) is 126 cm³/mol. The molecular formula is C21H19ClN6O7. The number of esters is 1. The average Bonchev–Trinajstić information content (AvgIpc) is 3.24. The van der Waals surface area contributed by atoms with Gasteiger partial charge in [0.15, 0.2) is 11.3 Å². The van der Waals surface area contributed by atoms with E-state index in [1.165, 1.54) is 6.20 Å². The lowest BCUT2D eigenvalue weighted by Crippen LogP contribution is -2.36. The Bertz CT molecular complexity index is 1530. The number of benzene rings is 1. The summed E-state index contributed by atoms with van der Waals surface area (Å²) in [4.78, 5) is 64.3. The molecule has 0 bridgehead atoms. The summed E-state index contributed by atoms with van der Waals surface area (Å²) in [6, 6.07) is 8.67. The largest absolute Gasteiger partial charge is 0.477 e. The maximum absolute atomic E-state index is 11.4. The molecule has 0 aliphatic carbocycles. The van der Waals surface area contributed by atoms with Crippen LogP contribution in [0.4, 0.5) is 11.4 Å². The Balaban J connectivity index is 0.000000196. The Morgan fingerprint density at radius 2 is 1.86 bits per heavy atom. The number of nitrogens with two attached hydrogens (primary N) is 1. The normalized spacial score (nSPS) is 10.6. The number of aromatic amines is 1. The molecule has 13 nitrogen and oxygen atoms in total. The fourth-order valence-electron chi connectivity index (χ4n) is 3.09. The van der Waals surface area contributed by atoms with Gasteiger partial charge in [0, 0.05) is 25.4 Å². The van der Waals surface area contributed by atoms with Crippen LogP contribution in [0.5, 0.6) is 0 Å². The zero-order chi connectivity index (χ0) is 25.7. The molecule has 2 heterocycles. The minimum atomic E-state index is -1.30. The number of fused-ring (bicyclic) bond motifs is 1. The molecule has 4 aromatic rings. The Kier molecular flexibility index (Phi) is 7.63. The van der Waals surface area contributed by atoms with Crippen LogP contribution >= 0.6 is 11.8 Å². The van der Waals surface area contributed by atoms with Gasteiger partial charge in [0.1, 0.15) is 17.1 Å². The number of carbonyl (C=O) groups excluding carboxylic acids is 1. The van der Waals surface area contributed by atoms with Gasteiger partial charge in [-0.25, -0.2) is 28.6 Å². The van der Waals surface area contributed by atoms with E-state index >= 15 is 0 Å². The quantitative estimate of drug-likeness (QED) is 0.132. The zero-order valence-corrected chi connectivity index (χ0v) is 18.9. The van der Waals surface area contributed by atoms with E-state index in [4.69, 9.17) is 22.6 Å². The summed E-state index contributed by atoms with van der Waals surface area (Å²) in [6.45, 7) is 0.989. The van der Waals surface area contributed by atoms with E-state index in [-0.39, 0.29) is 28.4 Å². The molecule has 0 radical (unpaired) electrons. The number of ether oxygens (including phenoxy) is 1. The summed E-state index contributed by atoms with van der Waals surface area (Å²) < 4.78 is 5.41. The van der Waals surface area contributed by atoms with Crippen LogP contribution in [0, 0.1) is 0 Å². The van der Waals surface area contributed by atoms with E-state index in [2.05, 4.69) is 24.9 Å². The Morgan fingerprint density at radius 3 is 2.46 bits per heavy atom. The third kappa shape index (κ3) is 5.37. The van der Waals surface area contributed by atoms with Crippen molar-refractivity contribution in [3.05, 3.63) is 90.0 Å². The number of halogens is 1. The summed E-state index contributed by atoms with van der Waals surface area (Å²) in [5.41, 5.74) is 5.39. The van der Waals surface area contributed by atoms with Gasteiger partial charge in [0.25, 0.3) is 10.9 Å². The number of nitrogens with zero attached hydrogens (tertiary/aromatic N) is 2.